The molecule has 3 nitrogen and oxygen atoms in total. The zero-order chi connectivity index (χ0) is 14.0. The summed E-state index contributed by atoms with van der Waals surface area (Å²) in [7, 11) is 0. The summed E-state index contributed by atoms with van der Waals surface area (Å²) in [6, 6.07) is 2.72. The van der Waals surface area contributed by atoms with Crippen LogP contribution in [0.15, 0.2) is 36.8 Å². The molecule has 1 atom stereocenters. The van der Waals surface area contributed by atoms with Crippen molar-refractivity contribution in [2.75, 3.05) is 0 Å². The zero-order valence-corrected chi connectivity index (χ0v) is 9.39. The van der Waals surface area contributed by atoms with Crippen molar-refractivity contribution < 1.29 is 22.7 Å². The Labute approximate surface area is 105 Å². The quantitative estimate of drug-likeness (QED) is 0.855. The Hall–Kier alpha value is -2.02. The van der Waals surface area contributed by atoms with Gasteiger partial charge in [-0.1, -0.05) is 12.1 Å². The third-order valence-electron chi connectivity index (χ3n) is 2.49. The van der Waals surface area contributed by atoms with Gasteiger partial charge >= 0.3 is 6.18 Å². The number of aliphatic hydroxyl groups excluding tert-OH is 1. The number of hydrogen-bond acceptors (Lipinski definition) is 3. The maximum Gasteiger partial charge on any atom is 0.419 e. The minimum absolute atomic E-state index is 0.0271. The van der Waals surface area contributed by atoms with E-state index in [1.165, 1.54) is 12.4 Å². The number of nitrogens with zero attached hydrogens (tertiary/aromatic N) is 2. The summed E-state index contributed by atoms with van der Waals surface area (Å²) in [5.41, 5.74) is -1.94. The lowest BCUT2D eigenvalue weighted by Gasteiger charge is -2.14. The molecule has 1 heterocycles. The van der Waals surface area contributed by atoms with Crippen LogP contribution in [0, 0.1) is 5.82 Å². The Morgan fingerprint density at radius 1 is 1.16 bits per heavy atom. The molecule has 0 amide bonds. The number of benzene rings is 1. The van der Waals surface area contributed by atoms with E-state index in [1.54, 1.807) is 0 Å². The summed E-state index contributed by atoms with van der Waals surface area (Å²) < 4.78 is 51.4. The molecule has 19 heavy (non-hydrogen) atoms. The summed E-state index contributed by atoms with van der Waals surface area (Å²) in [6.45, 7) is 0. The molecule has 7 heteroatoms. The Morgan fingerprint density at radius 3 is 2.47 bits per heavy atom. The van der Waals surface area contributed by atoms with Crippen LogP contribution in [-0.4, -0.2) is 15.1 Å². The highest BCUT2D eigenvalue weighted by Crippen LogP contribution is 2.34. The normalized spacial score (nSPS) is 13.3. The van der Waals surface area contributed by atoms with Crippen molar-refractivity contribution in [2.24, 2.45) is 0 Å². The minimum atomic E-state index is -4.82. The number of hydrogen-bond donors (Lipinski definition) is 1. The van der Waals surface area contributed by atoms with Crippen molar-refractivity contribution in [2.45, 2.75) is 12.3 Å². The molecule has 1 aromatic carbocycles. The molecule has 0 bridgehead atoms. The van der Waals surface area contributed by atoms with Crippen LogP contribution in [0.1, 0.15) is 22.9 Å². The molecule has 2 rings (SSSR count). The second-order valence-electron chi connectivity index (χ2n) is 3.74. The van der Waals surface area contributed by atoms with Gasteiger partial charge in [0.1, 0.15) is 11.9 Å². The largest absolute Gasteiger partial charge is 0.419 e. The first kappa shape index (κ1) is 13.4. The highest BCUT2D eigenvalue weighted by molar-refractivity contribution is 5.32. The molecular formula is C12H8F4N2O. The standard InChI is InChI=1S/C12H8F4N2O/c13-10-7(2-1-3-8(10)12(14,15)16)11(19)9-6-17-4-5-18-9/h1-6,11,19H. The van der Waals surface area contributed by atoms with Gasteiger partial charge in [0.05, 0.1) is 17.5 Å². The van der Waals surface area contributed by atoms with E-state index in [0.717, 1.165) is 18.3 Å². The molecule has 2 aromatic rings. The van der Waals surface area contributed by atoms with E-state index in [0.29, 0.717) is 6.07 Å². The third kappa shape index (κ3) is 2.70. The molecule has 100 valence electrons. The van der Waals surface area contributed by atoms with Crippen LogP contribution >= 0.6 is 0 Å². The first-order valence-corrected chi connectivity index (χ1v) is 5.21. The molecular weight excluding hydrogens is 264 g/mol. The molecule has 0 fully saturated rings. The fraction of sp³-hybridized carbons (Fsp3) is 0.167. The van der Waals surface area contributed by atoms with Gasteiger partial charge in [0, 0.05) is 18.0 Å². The van der Waals surface area contributed by atoms with Gasteiger partial charge in [0.25, 0.3) is 0 Å². The van der Waals surface area contributed by atoms with E-state index >= 15 is 0 Å². The van der Waals surface area contributed by atoms with Gasteiger partial charge in [0.2, 0.25) is 0 Å². The van der Waals surface area contributed by atoms with Gasteiger partial charge in [0.15, 0.2) is 0 Å². The van der Waals surface area contributed by atoms with Crippen LogP contribution in [0.2, 0.25) is 0 Å². The molecule has 0 saturated carbocycles. The summed E-state index contributed by atoms with van der Waals surface area (Å²) in [6.07, 6.45) is -2.68. The van der Waals surface area contributed by atoms with E-state index in [1.807, 2.05) is 0 Å². The molecule has 0 aliphatic rings. The average molecular weight is 272 g/mol. The van der Waals surface area contributed by atoms with Crippen LogP contribution in [0.25, 0.3) is 0 Å². The lowest BCUT2D eigenvalue weighted by Crippen LogP contribution is -2.12. The van der Waals surface area contributed by atoms with Crippen LogP contribution in [0.3, 0.4) is 0 Å². The molecule has 1 N–H and O–H groups in total. The van der Waals surface area contributed by atoms with Crippen LogP contribution in [0.5, 0.6) is 0 Å². The highest BCUT2D eigenvalue weighted by Gasteiger charge is 2.35. The van der Waals surface area contributed by atoms with Gasteiger partial charge in [-0.2, -0.15) is 13.2 Å². The summed E-state index contributed by atoms with van der Waals surface area (Å²) in [5.74, 6) is -1.51. The third-order valence-corrected chi connectivity index (χ3v) is 2.49. The van der Waals surface area contributed by atoms with Crippen molar-refractivity contribution in [1.29, 1.82) is 0 Å². The van der Waals surface area contributed by atoms with Gasteiger partial charge in [-0.05, 0) is 6.07 Å². The summed E-state index contributed by atoms with van der Waals surface area (Å²) in [5, 5.41) is 9.85. The predicted molar refractivity (Wildman–Crippen MR) is 57.5 cm³/mol. The zero-order valence-electron chi connectivity index (χ0n) is 9.39. The molecule has 0 spiro atoms. The van der Waals surface area contributed by atoms with E-state index in [2.05, 4.69) is 9.97 Å². The number of rotatable bonds is 2. The second-order valence-corrected chi connectivity index (χ2v) is 3.74. The summed E-state index contributed by atoms with van der Waals surface area (Å²) >= 11 is 0. The Morgan fingerprint density at radius 2 is 1.89 bits per heavy atom. The minimum Gasteiger partial charge on any atom is -0.382 e. The van der Waals surface area contributed by atoms with Gasteiger partial charge < -0.3 is 5.11 Å². The van der Waals surface area contributed by atoms with Crippen molar-refractivity contribution in [3.8, 4) is 0 Å². The fourth-order valence-electron chi connectivity index (χ4n) is 1.59. The highest BCUT2D eigenvalue weighted by atomic mass is 19.4. The monoisotopic (exact) mass is 272 g/mol. The van der Waals surface area contributed by atoms with Crippen LogP contribution < -0.4 is 0 Å². The van der Waals surface area contributed by atoms with E-state index in [9.17, 15) is 22.7 Å². The first-order chi connectivity index (χ1) is 8.91. The van der Waals surface area contributed by atoms with E-state index < -0.39 is 29.2 Å². The Kier molecular flexibility index (Phi) is 3.48. The molecule has 1 aromatic heterocycles. The van der Waals surface area contributed by atoms with Crippen molar-refractivity contribution in [1.82, 2.24) is 9.97 Å². The fourth-order valence-corrected chi connectivity index (χ4v) is 1.59. The van der Waals surface area contributed by atoms with Crippen molar-refractivity contribution in [3.63, 3.8) is 0 Å². The topological polar surface area (TPSA) is 46.0 Å². The SMILES string of the molecule is OC(c1cnccn1)c1cccc(C(F)(F)F)c1F. The van der Waals surface area contributed by atoms with Crippen LogP contribution in [-0.2, 0) is 6.18 Å². The second kappa shape index (κ2) is 4.93. The maximum atomic E-state index is 13.8. The first-order valence-electron chi connectivity index (χ1n) is 5.21. The van der Waals surface area contributed by atoms with Crippen LogP contribution in [0.4, 0.5) is 17.6 Å². The lowest BCUT2D eigenvalue weighted by atomic mass is 10.0. The number of alkyl halides is 3. The summed E-state index contributed by atoms with van der Waals surface area (Å²) in [4.78, 5) is 7.39. The smallest absolute Gasteiger partial charge is 0.382 e. The Balaban J connectivity index is 2.47. The van der Waals surface area contributed by atoms with E-state index in [-0.39, 0.29) is 5.69 Å². The number of aromatic nitrogens is 2. The van der Waals surface area contributed by atoms with Gasteiger partial charge in [-0.25, -0.2) is 4.39 Å². The molecule has 0 radical (unpaired) electrons. The lowest BCUT2D eigenvalue weighted by molar-refractivity contribution is -0.140. The Bertz CT molecular complexity index is 572. The molecule has 0 aliphatic heterocycles. The van der Waals surface area contributed by atoms with Gasteiger partial charge in [-0.15, -0.1) is 0 Å². The maximum absolute atomic E-state index is 13.8. The van der Waals surface area contributed by atoms with E-state index in [4.69, 9.17) is 0 Å². The molecule has 1 unspecified atom stereocenters. The molecule has 0 saturated heterocycles. The number of aliphatic hydroxyl groups is 1. The molecule has 0 aliphatic carbocycles. The number of halogens is 4. The van der Waals surface area contributed by atoms with Gasteiger partial charge in [-0.3, -0.25) is 9.97 Å². The van der Waals surface area contributed by atoms with Crippen molar-refractivity contribution in [3.05, 3.63) is 59.4 Å². The predicted octanol–water partition coefficient (Wildman–Crippen LogP) is 2.72. The van der Waals surface area contributed by atoms with Crippen molar-refractivity contribution >= 4 is 0 Å². The average Bonchev–Trinajstić information content (AvgIpc) is 2.38.